The summed E-state index contributed by atoms with van der Waals surface area (Å²) in [5, 5.41) is 22.4. The van der Waals surface area contributed by atoms with Crippen LogP contribution in [0.2, 0.25) is 0 Å². The van der Waals surface area contributed by atoms with E-state index in [1.807, 2.05) is 5.32 Å². The number of carbonyl (C=O) groups is 2. The molecule has 0 radical (unpaired) electrons. The molecule has 3 N–H and O–H groups in total. The number of nitrogens with one attached hydrogen (secondary N) is 2. The molecule has 1 saturated carbocycles. The number of carbonyl (C=O) groups excluding carboxylic acids is 2. The molecule has 0 bridgehead atoms. The maximum absolute atomic E-state index is 13.9. The van der Waals surface area contributed by atoms with Crippen molar-refractivity contribution in [3.8, 4) is 5.88 Å². The first-order chi connectivity index (χ1) is 19.7. The third-order valence-electron chi connectivity index (χ3n) is 6.57. The Balaban J connectivity index is 1.55. The van der Waals surface area contributed by atoms with Gasteiger partial charge in [0.2, 0.25) is 11.8 Å². The summed E-state index contributed by atoms with van der Waals surface area (Å²) in [7, 11) is 0. The molecule has 11 nitrogen and oxygen atoms in total. The average molecular weight is 610 g/mol. The number of rotatable bonds is 11. The van der Waals surface area contributed by atoms with Crippen LogP contribution in [0.4, 0.5) is 30.7 Å². The van der Waals surface area contributed by atoms with Crippen LogP contribution in [-0.2, 0) is 4.79 Å². The van der Waals surface area contributed by atoms with E-state index >= 15 is 0 Å². The second-order valence-corrected chi connectivity index (χ2v) is 9.72. The third kappa shape index (κ3) is 8.07. The number of imidazole rings is 1. The van der Waals surface area contributed by atoms with Crippen molar-refractivity contribution in [1.29, 1.82) is 0 Å². The SMILES string of the molecule is O=C(CCC(F)(F)F)N[C@H](O)c1cnn2cc([C@@H](NC(=O)c3conc3OCC(F)F)C3CCC(F)(F)CC3)nc2c1. The third-order valence-corrected chi connectivity index (χ3v) is 6.57. The van der Waals surface area contributed by atoms with Gasteiger partial charge in [0.05, 0.1) is 30.6 Å². The molecule has 4 rings (SSSR count). The molecule has 3 aromatic rings. The van der Waals surface area contributed by atoms with E-state index in [1.165, 1.54) is 16.8 Å². The molecule has 1 aliphatic carbocycles. The maximum atomic E-state index is 13.9. The monoisotopic (exact) mass is 610 g/mol. The highest BCUT2D eigenvalue weighted by molar-refractivity contribution is 5.96. The molecule has 0 saturated heterocycles. The van der Waals surface area contributed by atoms with Crippen molar-refractivity contribution in [1.82, 2.24) is 30.4 Å². The summed E-state index contributed by atoms with van der Waals surface area (Å²) in [4.78, 5) is 29.3. The molecule has 2 amide bonds. The van der Waals surface area contributed by atoms with Crippen molar-refractivity contribution in [2.45, 2.75) is 69.3 Å². The maximum Gasteiger partial charge on any atom is 0.389 e. The van der Waals surface area contributed by atoms with Crippen molar-refractivity contribution >= 4 is 17.5 Å². The molecule has 230 valence electrons. The Kier molecular flexibility index (Phi) is 9.22. The van der Waals surface area contributed by atoms with Crippen molar-refractivity contribution in [3.63, 3.8) is 0 Å². The number of hydrogen-bond donors (Lipinski definition) is 3. The zero-order valence-electron chi connectivity index (χ0n) is 21.6. The van der Waals surface area contributed by atoms with E-state index in [-0.39, 0.29) is 35.3 Å². The quantitative estimate of drug-likeness (QED) is 0.218. The molecule has 0 aliphatic heterocycles. The predicted molar refractivity (Wildman–Crippen MR) is 126 cm³/mol. The Morgan fingerprint density at radius 1 is 1.21 bits per heavy atom. The Morgan fingerprint density at radius 3 is 2.60 bits per heavy atom. The fourth-order valence-electron chi connectivity index (χ4n) is 4.44. The number of aliphatic hydroxyl groups is 1. The van der Waals surface area contributed by atoms with E-state index in [4.69, 9.17) is 4.74 Å². The van der Waals surface area contributed by atoms with E-state index < -0.39 is 86.7 Å². The molecule has 3 aromatic heterocycles. The van der Waals surface area contributed by atoms with E-state index in [0.29, 0.717) is 0 Å². The number of aromatic nitrogens is 4. The predicted octanol–water partition coefficient (Wildman–Crippen LogP) is 4.11. The summed E-state index contributed by atoms with van der Waals surface area (Å²) < 4.78 is 101. The molecule has 3 heterocycles. The minimum atomic E-state index is -4.55. The Hall–Kier alpha value is -3.96. The highest BCUT2D eigenvalue weighted by atomic mass is 19.4. The van der Waals surface area contributed by atoms with E-state index in [1.54, 1.807) is 0 Å². The normalized spacial score (nSPS) is 17.3. The van der Waals surface area contributed by atoms with Gasteiger partial charge in [-0.1, -0.05) is 0 Å². The van der Waals surface area contributed by atoms with E-state index in [0.717, 1.165) is 12.5 Å². The molecule has 0 spiro atoms. The smallest absolute Gasteiger partial charge is 0.389 e. The number of amides is 2. The molecule has 0 unspecified atom stereocenters. The van der Waals surface area contributed by atoms with Gasteiger partial charge in [0, 0.05) is 24.8 Å². The van der Waals surface area contributed by atoms with Crippen LogP contribution in [0.5, 0.6) is 5.88 Å². The molecular formula is C24H25F7N6O5. The average Bonchev–Trinajstić information content (AvgIpc) is 3.55. The van der Waals surface area contributed by atoms with Crippen LogP contribution in [0, 0.1) is 5.92 Å². The van der Waals surface area contributed by atoms with Crippen molar-refractivity contribution in [3.05, 3.63) is 41.5 Å². The van der Waals surface area contributed by atoms with Crippen molar-refractivity contribution in [2.24, 2.45) is 5.92 Å². The van der Waals surface area contributed by atoms with Crippen LogP contribution in [0.15, 0.2) is 29.2 Å². The van der Waals surface area contributed by atoms with Crippen LogP contribution in [-0.4, -0.2) is 61.8 Å². The summed E-state index contributed by atoms with van der Waals surface area (Å²) in [6.45, 7) is -1.05. The highest BCUT2D eigenvalue weighted by Gasteiger charge is 2.40. The largest absolute Gasteiger partial charge is 0.469 e. The first-order valence-electron chi connectivity index (χ1n) is 12.6. The zero-order valence-corrected chi connectivity index (χ0v) is 21.6. The zero-order chi connectivity index (χ0) is 30.7. The minimum Gasteiger partial charge on any atom is -0.469 e. The van der Waals surface area contributed by atoms with Crippen molar-refractivity contribution in [2.75, 3.05) is 6.61 Å². The molecule has 1 aliphatic rings. The molecule has 0 aromatic carbocycles. The number of aliphatic hydroxyl groups excluding tert-OH is 1. The number of halogens is 7. The summed E-state index contributed by atoms with van der Waals surface area (Å²) >= 11 is 0. The number of hydrogen-bond acceptors (Lipinski definition) is 8. The number of fused-ring (bicyclic) bond motifs is 1. The molecular weight excluding hydrogens is 585 g/mol. The van der Waals surface area contributed by atoms with E-state index in [2.05, 4.69) is 25.1 Å². The summed E-state index contributed by atoms with van der Waals surface area (Å²) in [5.41, 5.74) is -0.0469. The molecule has 1 fully saturated rings. The van der Waals surface area contributed by atoms with Crippen LogP contribution in [0.3, 0.4) is 0 Å². The second kappa shape index (κ2) is 12.5. The van der Waals surface area contributed by atoms with Gasteiger partial charge in [0.15, 0.2) is 18.5 Å². The van der Waals surface area contributed by atoms with Crippen LogP contribution in [0.1, 0.15) is 72.4 Å². The topological polar surface area (TPSA) is 144 Å². The van der Waals surface area contributed by atoms with Gasteiger partial charge in [-0.3, -0.25) is 9.59 Å². The molecule has 2 atom stereocenters. The fourth-order valence-corrected chi connectivity index (χ4v) is 4.44. The first kappa shape index (κ1) is 31.0. The lowest BCUT2D eigenvalue weighted by Gasteiger charge is -2.33. The molecule has 18 heteroatoms. The summed E-state index contributed by atoms with van der Waals surface area (Å²) in [6, 6.07) is 0.318. The molecule has 42 heavy (non-hydrogen) atoms. The van der Waals surface area contributed by atoms with Gasteiger partial charge < -0.3 is 25.0 Å². The highest BCUT2D eigenvalue weighted by Crippen LogP contribution is 2.41. The lowest BCUT2D eigenvalue weighted by Crippen LogP contribution is -2.37. The number of ether oxygens (including phenoxy) is 1. The van der Waals surface area contributed by atoms with Crippen LogP contribution in [0.25, 0.3) is 5.65 Å². The lowest BCUT2D eigenvalue weighted by molar-refractivity contribution is -0.145. The van der Waals surface area contributed by atoms with Crippen LogP contribution < -0.4 is 15.4 Å². The van der Waals surface area contributed by atoms with Crippen molar-refractivity contribution < 1.29 is 54.7 Å². The lowest BCUT2D eigenvalue weighted by atomic mass is 9.81. The van der Waals surface area contributed by atoms with Gasteiger partial charge in [-0.05, 0) is 30.0 Å². The standard InChI is InChI=1S/C24H25F7N6O5/c25-16(26)11-41-22-14(10-42-36-22)21(40)35-19(12-1-4-23(27,28)5-2-12)15-9-37-17(33-15)7-13(8-32-37)20(39)34-18(38)3-6-24(29,30)31/h7-10,12,16,19-20,39H,1-6,11H2,(H,34,38)(H,35,40)/t19-,20+/m0/s1. The van der Waals surface area contributed by atoms with Gasteiger partial charge in [-0.25, -0.2) is 27.1 Å². The number of alkyl halides is 7. The second-order valence-electron chi connectivity index (χ2n) is 9.72. The van der Waals surface area contributed by atoms with Gasteiger partial charge in [0.25, 0.3) is 18.2 Å². The minimum absolute atomic E-state index is 0.00550. The van der Waals surface area contributed by atoms with Gasteiger partial charge in [0.1, 0.15) is 11.8 Å². The summed E-state index contributed by atoms with van der Waals surface area (Å²) in [6.07, 6.45) is -8.86. The summed E-state index contributed by atoms with van der Waals surface area (Å²) in [5.74, 6) is -5.81. The van der Waals surface area contributed by atoms with Gasteiger partial charge >= 0.3 is 6.18 Å². The van der Waals surface area contributed by atoms with Gasteiger partial charge in [-0.2, -0.15) is 18.3 Å². The Labute approximate surface area is 232 Å². The van der Waals surface area contributed by atoms with Crippen LogP contribution >= 0.6 is 0 Å². The Morgan fingerprint density at radius 2 is 1.93 bits per heavy atom. The number of nitrogens with zero attached hydrogens (tertiary/aromatic N) is 4. The first-order valence-corrected chi connectivity index (χ1v) is 12.6. The fraction of sp³-hybridized carbons (Fsp3) is 0.542. The van der Waals surface area contributed by atoms with E-state index in [9.17, 15) is 45.4 Å². The Bertz CT molecular complexity index is 1390. The van der Waals surface area contributed by atoms with Gasteiger partial charge in [-0.15, -0.1) is 0 Å².